The number of nitrogens with two attached hydrogens (primary N) is 1. The summed E-state index contributed by atoms with van der Waals surface area (Å²) >= 11 is 0. The lowest BCUT2D eigenvalue weighted by Crippen LogP contribution is -2.27. The number of nitrogens with one attached hydrogen (secondary N) is 1. The average molecular weight is 272 g/mol. The van der Waals surface area contributed by atoms with E-state index >= 15 is 0 Å². The van der Waals surface area contributed by atoms with Crippen LogP contribution in [-0.2, 0) is 7.05 Å². The maximum Gasteiger partial charge on any atom is 0.253 e. The van der Waals surface area contributed by atoms with Gasteiger partial charge in [0.05, 0.1) is 17.8 Å². The van der Waals surface area contributed by atoms with Crippen LogP contribution in [0.5, 0.6) is 0 Å². The van der Waals surface area contributed by atoms with Gasteiger partial charge in [-0.2, -0.15) is 5.10 Å². The van der Waals surface area contributed by atoms with Gasteiger partial charge in [-0.05, 0) is 32.9 Å². The summed E-state index contributed by atoms with van der Waals surface area (Å²) in [4.78, 5) is 12.3. The van der Waals surface area contributed by atoms with Crippen LogP contribution in [0.4, 0.5) is 5.69 Å². The first kappa shape index (κ1) is 14.1. The van der Waals surface area contributed by atoms with Crippen LogP contribution in [0.15, 0.2) is 24.4 Å². The molecule has 0 aliphatic heterocycles. The Balaban J connectivity index is 2.19. The number of hydrogen-bond donors (Lipinski definition) is 2. The molecule has 2 aromatic rings. The monoisotopic (exact) mass is 272 g/mol. The van der Waals surface area contributed by atoms with E-state index in [4.69, 9.17) is 5.73 Å². The molecule has 0 spiro atoms. The van der Waals surface area contributed by atoms with Gasteiger partial charge in [-0.15, -0.1) is 0 Å². The summed E-state index contributed by atoms with van der Waals surface area (Å²) in [5.41, 5.74) is 9.92. The van der Waals surface area contributed by atoms with Gasteiger partial charge in [0.1, 0.15) is 0 Å². The SMILES string of the molecule is Cc1ccc(N)c(C(=O)NC(C)c2cnn(C)c2C)c1. The highest BCUT2D eigenvalue weighted by Gasteiger charge is 2.17. The molecule has 0 bridgehead atoms. The van der Waals surface area contributed by atoms with Crippen LogP contribution < -0.4 is 11.1 Å². The zero-order chi connectivity index (χ0) is 14.9. The first-order valence-electron chi connectivity index (χ1n) is 6.55. The fraction of sp³-hybridized carbons (Fsp3) is 0.333. The van der Waals surface area contributed by atoms with Crippen LogP contribution in [0.3, 0.4) is 0 Å². The zero-order valence-corrected chi connectivity index (χ0v) is 12.3. The van der Waals surface area contributed by atoms with Gasteiger partial charge in [0.15, 0.2) is 0 Å². The number of amides is 1. The molecule has 1 aromatic carbocycles. The molecule has 106 valence electrons. The zero-order valence-electron chi connectivity index (χ0n) is 12.3. The predicted octanol–water partition coefficient (Wildman–Crippen LogP) is 2.11. The standard InChI is InChI=1S/C15H20N4O/c1-9-5-6-14(16)12(7-9)15(20)18-10(2)13-8-17-19(4)11(13)3/h5-8,10H,16H2,1-4H3,(H,18,20). The number of nitrogens with zero attached hydrogens (tertiary/aromatic N) is 2. The summed E-state index contributed by atoms with van der Waals surface area (Å²) < 4.78 is 1.79. The molecule has 0 radical (unpaired) electrons. The summed E-state index contributed by atoms with van der Waals surface area (Å²) in [6.45, 7) is 5.85. The van der Waals surface area contributed by atoms with E-state index in [1.54, 1.807) is 23.0 Å². The van der Waals surface area contributed by atoms with Crippen molar-refractivity contribution < 1.29 is 4.79 Å². The van der Waals surface area contributed by atoms with Crippen LogP contribution in [0.1, 0.15) is 40.1 Å². The summed E-state index contributed by atoms with van der Waals surface area (Å²) in [6, 6.07) is 5.33. The summed E-state index contributed by atoms with van der Waals surface area (Å²) in [5, 5.41) is 7.15. The predicted molar refractivity (Wildman–Crippen MR) is 79.4 cm³/mol. The van der Waals surface area contributed by atoms with Gasteiger partial charge >= 0.3 is 0 Å². The maximum absolute atomic E-state index is 12.3. The Labute approximate surface area is 118 Å². The molecule has 5 nitrogen and oxygen atoms in total. The third-order valence-corrected chi connectivity index (χ3v) is 3.54. The number of aryl methyl sites for hydroxylation is 2. The van der Waals surface area contributed by atoms with Gasteiger partial charge in [0.2, 0.25) is 0 Å². The van der Waals surface area contributed by atoms with Gasteiger partial charge in [0, 0.05) is 24.0 Å². The van der Waals surface area contributed by atoms with E-state index in [9.17, 15) is 4.79 Å². The Morgan fingerprint density at radius 3 is 2.70 bits per heavy atom. The number of carbonyl (C=O) groups excluding carboxylic acids is 1. The largest absolute Gasteiger partial charge is 0.398 e. The Bertz CT molecular complexity index is 645. The maximum atomic E-state index is 12.3. The minimum atomic E-state index is -0.165. The van der Waals surface area contributed by atoms with E-state index in [0.717, 1.165) is 16.8 Å². The molecule has 0 aliphatic carbocycles. The number of nitrogen functional groups attached to an aromatic ring is 1. The van der Waals surface area contributed by atoms with Crippen LogP contribution in [0, 0.1) is 13.8 Å². The van der Waals surface area contributed by atoms with Crippen molar-refractivity contribution in [2.24, 2.45) is 7.05 Å². The molecule has 2 rings (SSSR count). The summed E-state index contributed by atoms with van der Waals surface area (Å²) in [6.07, 6.45) is 1.78. The molecule has 3 N–H and O–H groups in total. The molecule has 5 heteroatoms. The minimum absolute atomic E-state index is 0.115. The molecule has 0 aliphatic rings. The van der Waals surface area contributed by atoms with Crippen molar-refractivity contribution in [3.8, 4) is 0 Å². The number of hydrogen-bond acceptors (Lipinski definition) is 3. The lowest BCUT2D eigenvalue weighted by molar-refractivity contribution is 0.0940. The van der Waals surface area contributed by atoms with E-state index in [2.05, 4.69) is 10.4 Å². The second kappa shape index (κ2) is 5.36. The van der Waals surface area contributed by atoms with Crippen LogP contribution in [0.25, 0.3) is 0 Å². The quantitative estimate of drug-likeness (QED) is 0.840. The van der Waals surface area contributed by atoms with Crippen molar-refractivity contribution in [3.05, 3.63) is 46.8 Å². The average Bonchev–Trinajstić information content (AvgIpc) is 2.73. The normalized spacial score (nSPS) is 12.2. The Morgan fingerprint density at radius 2 is 2.10 bits per heavy atom. The molecule has 1 amide bonds. The number of carbonyl (C=O) groups is 1. The van der Waals surface area contributed by atoms with Gasteiger partial charge in [-0.3, -0.25) is 9.48 Å². The topological polar surface area (TPSA) is 72.9 Å². The van der Waals surface area contributed by atoms with Crippen LogP contribution in [-0.4, -0.2) is 15.7 Å². The number of benzene rings is 1. The fourth-order valence-electron chi connectivity index (χ4n) is 2.16. The van der Waals surface area contributed by atoms with Crippen molar-refractivity contribution in [3.63, 3.8) is 0 Å². The minimum Gasteiger partial charge on any atom is -0.398 e. The third kappa shape index (κ3) is 2.66. The highest BCUT2D eigenvalue weighted by atomic mass is 16.1. The van der Waals surface area contributed by atoms with Crippen molar-refractivity contribution in [2.75, 3.05) is 5.73 Å². The summed E-state index contributed by atoms with van der Waals surface area (Å²) in [7, 11) is 1.88. The molecule has 0 fully saturated rings. The number of anilines is 1. The summed E-state index contributed by atoms with van der Waals surface area (Å²) in [5.74, 6) is -0.165. The first-order chi connectivity index (χ1) is 9.40. The van der Waals surface area contributed by atoms with Crippen molar-refractivity contribution in [1.29, 1.82) is 0 Å². The van der Waals surface area contributed by atoms with E-state index in [1.165, 1.54) is 0 Å². The first-order valence-corrected chi connectivity index (χ1v) is 6.55. The molecule has 0 saturated heterocycles. The highest BCUT2D eigenvalue weighted by molar-refractivity contribution is 5.99. The molecular weight excluding hydrogens is 252 g/mol. The van der Waals surface area contributed by atoms with Crippen molar-refractivity contribution in [1.82, 2.24) is 15.1 Å². The van der Waals surface area contributed by atoms with Gasteiger partial charge < -0.3 is 11.1 Å². The van der Waals surface area contributed by atoms with E-state index in [0.29, 0.717) is 11.3 Å². The van der Waals surface area contributed by atoms with Gasteiger partial charge in [0.25, 0.3) is 5.91 Å². The van der Waals surface area contributed by atoms with Crippen LogP contribution in [0.2, 0.25) is 0 Å². The number of rotatable bonds is 3. The molecule has 1 heterocycles. The van der Waals surface area contributed by atoms with Crippen molar-refractivity contribution >= 4 is 11.6 Å². The Morgan fingerprint density at radius 1 is 1.40 bits per heavy atom. The van der Waals surface area contributed by atoms with Gasteiger partial charge in [-0.25, -0.2) is 0 Å². The second-order valence-electron chi connectivity index (χ2n) is 5.09. The van der Waals surface area contributed by atoms with E-state index < -0.39 is 0 Å². The van der Waals surface area contributed by atoms with Crippen LogP contribution >= 0.6 is 0 Å². The molecule has 1 aromatic heterocycles. The van der Waals surface area contributed by atoms with E-state index in [-0.39, 0.29) is 11.9 Å². The highest BCUT2D eigenvalue weighted by Crippen LogP contribution is 2.19. The fourth-order valence-corrected chi connectivity index (χ4v) is 2.16. The van der Waals surface area contributed by atoms with E-state index in [1.807, 2.05) is 33.9 Å². The smallest absolute Gasteiger partial charge is 0.253 e. The molecule has 1 unspecified atom stereocenters. The molecular formula is C15H20N4O. The lowest BCUT2D eigenvalue weighted by atomic mass is 10.1. The third-order valence-electron chi connectivity index (χ3n) is 3.54. The Kier molecular flexibility index (Phi) is 3.79. The Hall–Kier alpha value is -2.30. The van der Waals surface area contributed by atoms with Gasteiger partial charge in [-0.1, -0.05) is 11.6 Å². The second-order valence-corrected chi connectivity index (χ2v) is 5.09. The van der Waals surface area contributed by atoms with Crippen molar-refractivity contribution in [2.45, 2.75) is 26.8 Å². The lowest BCUT2D eigenvalue weighted by Gasteiger charge is -2.15. The molecule has 0 saturated carbocycles. The molecule has 1 atom stereocenters. The molecule has 20 heavy (non-hydrogen) atoms. The number of aromatic nitrogens is 2.